The van der Waals surface area contributed by atoms with Crippen LogP contribution in [0.15, 0.2) is 18.2 Å². The summed E-state index contributed by atoms with van der Waals surface area (Å²) in [6.45, 7) is 0.315. The van der Waals surface area contributed by atoms with Crippen molar-refractivity contribution in [2.75, 3.05) is 6.54 Å². The van der Waals surface area contributed by atoms with Gasteiger partial charge in [-0.2, -0.15) is 0 Å². The van der Waals surface area contributed by atoms with Crippen molar-refractivity contribution in [3.05, 3.63) is 35.4 Å². The van der Waals surface area contributed by atoms with Crippen molar-refractivity contribution in [2.45, 2.75) is 37.6 Å². The zero-order valence-electron chi connectivity index (χ0n) is 10.7. The molecule has 0 radical (unpaired) electrons. The van der Waals surface area contributed by atoms with Crippen LogP contribution in [0.1, 0.15) is 42.5 Å². The number of halogens is 2. The molecule has 1 aromatic carbocycles. The zero-order chi connectivity index (χ0) is 13.9. The highest BCUT2D eigenvalue weighted by atomic mass is 19.1. The summed E-state index contributed by atoms with van der Waals surface area (Å²) >= 11 is 0. The molecule has 1 fully saturated rings. The second kappa shape index (κ2) is 5.65. The number of rotatable bonds is 3. The molecule has 1 amide bonds. The van der Waals surface area contributed by atoms with Crippen LogP contribution in [0.2, 0.25) is 0 Å². The van der Waals surface area contributed by atoms with Crippen LogP contribution in [0.3, 0.4) is 0 Å². The predicted molar refractivity (Wildman–Crippen MR) is 68.7 cm³/mol. The van der Waals surface area contributed by atoms with E-state index >= 15 is 0 Å². The SMILES string of the molecule is NCC1(NC(=O)c2cc(F)ccc2F)CCCCC1. The maximum Gasteiger partial charge on any atom is 0.254 e. The van der Waals surface area contributed by atoms with Crippen LogP contribution in [0, 0.1) is 11.6 Å². The first-order valence-corrected chi connectivity index (χ1v) is 6.54. The lowest BCUT2D eigenvalue weighted by molar-refractivity contribution is 0.0870. The van der Waals surface area contributed by atoms with E-state index in [1.54, 1.807) is 0 Å². The van der Waals surface area contributed by atoms with Crippen molar-refractivity contribution in [1.82, 2.24) is 5.32 Å². The number of nitrogens with two attached hydrogens (primary N) is 1. The molecule has 5 heteroatoms. The van der Waals surface area contributed by atoms with Gasteiger partial charge in [-0.25, -0.2) is 8.78 Å². The van der Waals surface area contributed by atoms with Crippen LogP contribution in [0.5, 0.6) is 0 Å². The van der Waals surface area contributed by atoms with E-state index in [9.17, 15) is 13.6 Å². The molecule has 3 N–H and O–H groups in total. The van der Waals surface area contributed by atoms with Crippen LogP contribution >= 0.6 is 0 Å². The molecule has 0 bridgehead atoms. The average Bonchev–Trinajstić information content (AvgIpc) is 2.42. The van der Waals surface area contributed by atoms with Gasteiger partial charge in [-0.05, 0) is 31.0 Å². The van der Waals surface area contributed by atoms with Crippen molar-refractivity contribution >= 4 is 5.91 Å². The highest BCUT2D eigenvalue weighted by Crippen LogP contribution is 2.27. The highest BCUT2D eigenvalue weighted by Gasteiger charge is 2.33. The molecule has 104 valence electrons. The minimum atomic E-state index is -0.720. The van der Waals surface area contributed by atoms with E-state index in [0.717, 1.165) is 50.3 Å². The van der Waals surface area contributed by atoms with Gasteiger partial charge in [0.1, 0.15) is 11.6 Å². The highest BCUT2D eigenvalue weighted by molar-refractivity contribution is 5.95. The Kier molecular flexibility index (Phi) is 4.14. The zero-order valence-corrected chi connectivity index (χ0v) is 10.7. The van der Waals surface area contributed by atoms with Gasteiger partial charge >= 0.3 is 0 Å². The first-order chi connectivity index (χ1) is 9.06. The molecule has 3 nitrogen and oxygen atoms in total. The van der Waals surface area contributed by atoms with Crippen LogP contribution in [0.4, 0.5) is 8.78 Å². The summed E-state index contributed by atoms with van der Waals surface area (Å²) in [5, 5.41) is 2.80. The molecule has 19 heavy (non-hydrogen) atoms. The van der Waals surface area contributed by atoms with Crippen LogP contribution in [0.25, 0.3) is 0 Å². The number of hydrogen-bond donors (Lipinski definition) is 2. The first-order valence-electron chi connectivity index (χ1n) is 6.54. The summed E-state index contributed by atoms with van der Waals surface area (Å²) in [5.41, 5.74) is 5.01. The molecule has 1 saturated carbocycles. The maximum absolute atomic E-state index is 13.5. The molecule has 1 aromatic rings. The van der Waals surface area contributed by atoms with E-state index in [4.69, 9.17) is 5.73 Å². The van der Waals surface area contributed by atoms with Crippen molar-refractivity contribution in [3.8, 4) is 0 Å². The van der Waals surface area contributed by atoms with Crippen molar-refractivity contribution in [3.63, 3.8) is 0 Å². The third-order valence-corrected chi connectivity index (χ3v) is 3.75. The molecule has 2 rings (SSSR count). The van der Waals surface area contributed by atoms with Gasteiger partial charge in [-0.1, -0.05) is 19.3 Å². The van der Waals surface area contributed by atoms with E-state index in [1.165, 1.54) is 0 Å². The van der Waals surface area contributed by atoms with Gasteiger partial charge in [0.05, 0.1) is 11.1 Å². The lowest BCUT2D eigenvalue weighted by Crippen LogP contribution is -2.54. The van der Waals surface area contributed by atoms with Gasteiger partial charge < -0.3 is 11.1 Å². The number of benzene rings is 1. The fourth-order valence-corrected chi connectivity index (χ4v) is 2.59. The Morgan fingerprint density at radius 2 is 1.95 bits per heavy atom. The standard InChI is InChI=1S/C14H18F2N2O/c15-10-4-5-12(16)11(8-10)13(19)18-14(9-17)6-2-1-3-7-14/h4-5,8H,1-3,6-7,9,17H2,(H,18,19). The van der Waals surface area contributed by atoms with Crippen LogP contribution in [-0.2, 0) is 0 Å². The topological polar surface area (TPSA) is 55.1 Å². The van der Waals surface area contributed by atoms with Gasteiger partial charge in [-0.15, -0.1) is 0 Å². The molecular formula is C14H18F2N2O. The molecule has 0 saturated heterocycles. The second-order valence-corrected chi connectivity index (χ2v) is 5.12. The molecule has 0 atom stereocenters. The van der Waals surface area contributed by atoms with E-state index < -0.39 is 23.1 Å². The van der Waals surface area contributed by atoms with Crippen molar-refractivity contribution in [2.24, 2.45) is 5.73 Å². The fraction of sp³-hybridized carbons (Fsp3) is 0.500. The summed E-state index contributed by atoms with van der Waals surface area (Å²) in [6.07, 6.45) is 4.66. The Morgan fingerprint density at radius 1 is 1.26 bits per heavy atom. The van der Waals surface area contributed by atoms with E-state index in [2.05, 4.69) is 5.32 Å². The Hall–Kier alpha value is -1.49. The number of carbonyl (C=O) groups excluding carboxylic acids is 1. The second-order valence-electron chi connectivity index (χ2n) is 5.12. The molecule has 0 spiro atoms. The smallest absolute Gasteiger partial charge is 0.254 e. The average molecular weight is 268 g/mol. The van der Waals surface area contributed by atoms with E-state index in [-0.39, 0.29) is 5.56 Å². The quantitative estimate of drug-likeness (QED) is 0.884. The van der Waals surface area contributed by atoms with E-state index in [1.807, 2.05) is 0 Å². The summed E-state index contributed by atoms with van der Waals surface area (Å²) in [4.78, 5) is 12.1. The van der Waals surface area contributed by atoms with Gasteiger partial charge in [0.15, 0.2) is 0 Å². The van der Waals surface area contributed by atoms with Crippen molar-refractivity contribution in [1.29, 1.82) is 0 Å². The van der Waals surface area contributed by atoms with Gasteiger partial charge in [0.2, 0.25) is 0 Å². The number of hydrogen-bond acceptors (Lipinski definition) is 2. The Labute approximate surface area is 111 Å². The summed E-state index contributed by atoms with van der Waals surface area (Å²) < 4.78 is 26.6. The number of amides is 1. The Morgan fingerprint density at radius 3 is 2.58 bits per heavy atom. The molecule has 0 aromatic heterocycles. The molecule has 0 heterocycles. The van der Waals surface area contributed by atoms with Gasteiger partial charge in [0, 0.05) is 6.54 Å². The Balaban J connectivity index is 2.17. The number of nitrogens with one attached hydrogen (secondary N) is 1. The summed E-state index contributed by atoms with van der Waals surface area (Å²) in [5.74, 6) is -1.94. The largest absolute Gasteiger partial charge is 0.345 e. The van der Waals surface area contributed by atoms with E-state index in [0.29, 0.717) is 6.54 Å². The van der Waals surface area contributed by atoms with Crippen LogP contribution < -0.4 is 11.1 Å². The van der Waals surface area contributed by atoms with Gasteiger partial charge in [-0.3, -0.25) is 4.79 Å². The molecule has 1 aliphatic carbocycles. The van der Waals surface area contributed by atoms with Crippen LogP contribution in [-0.4, -0.2) is 18.0 Å². The monoisotopic (exact) mass is 268 g/mol. The fourth-order valence-electron chi connectivity index (χ4n) is 2.59. The number of carbonyl (C=O) groups is 1. The first kappa shape index (κ1) is 13.9. The molecule has 0 unspecified atom stereocenters. The third-order valence-electron chi connectivity index (χ3n) is 3.75. The maximum atomic E-state index is 13.5. The minimum Gasteiger partial charge on any atom is -0.345 e. The molecule has 1 aliphatic rings. The van der Waals surface area contributed by atoms with Gasteiger partial charge in [0.25, 0.3) is 5.91 Å². The minimum absolute atomic E-state index is 0.265. The molecule has 0 aliphatic heterocycles. The summed E-state index contributed by atoms with van der Waals surface area (Å²) in [7, 11) is 0. The predicted octanol–water partition coefficient (Wildman–Crippen LogP) is 2.36. The molecular weight excluding hydrogens is 250 g/mol. The Bertz CT molecular complexity index is 471. The normalized spacial score (nSPS) is 18.1. The lowest BCUT2D eigenvalue weighted by atomic mass is 9.81. The summed E-state index contributed by atoms with van der Waals surface area (Å²) in [6, 6.07) is 2.86. The van der Waals surface area contributed by atoms with Crippen molar-refractivity contribution < 1.29 is 13.6 Å². The third kappa shape index (κ3) is 3.10. The lowest BCUT2D eigenvalue weighted by Gasteiger charge is -2.37.